The Morgan fingerprint density at radius 1 is 1.05 bits per heavy atom. The first-order valence-corrected chi connectivity index (χ1v) is 6.31. The maximum atomic E-state index is 10.9. The van der Waals surface area contributed by atoms with E-state index < -0.39 is 0 Å². The first-order chi connectivity index (χ1) is 10.2. The van der Waals surface area contributed by atoms with Gasteiger partial charge in [0.05, 0.1) is 5.52 Å². The molecule has 0 aliphatic carbocycles. The third-order valence-electron chi connectivity index (χ3n) is 3.21. The lowest BCUT2D eigenvalue weighted by Gasteiger charge is -2.08. The van der Waals surface area contributed by atoms with E-state index in [0.29, 0.717) is 16.9 Å². The van der Waals surface area contributed by atoms with Crippen LogP contribution < -0.4 is 17.0 Å². The van der Waals surface area contributed by atoms with E-state index in [1.165, 1.54) is 0 Å². The fourth-order valence-corrected chi connectivity index (χ4v) is 2.23. The van der Waals surface area contributed by atoms with Crippen LogP contribution in [0, 0.1) is 0 Å². The molecule has 6 nitrogen and oxygen atoms in total. The number of benzene rings is 2. The van der Waals surface area contributed by atoms with E-state index in [1.807, 2.05) is 36.4 Å². The van der Waals surface area contributed by atoms with Gasteiger partial charge in [-0.25, -0.2) is 10.8 Å². The lowest BCUT2D eigenvalue weighted by molar-refractivity contribution is 0.112. The van der Waals surface area contributed by atoms with Crippen LogP contribution in [-0.4, -0.2) is 16.3 Å². The summed E-state index contributed by atoms with van der Waals surface area (Å²) in [5, 5.41) is 0.765. The van der Waals surface area contributed by atoms with Gasteiger partial charge in [-0.2, -0.15) is 4.98 Å². The van der Waals surface area contributed by atoms with Crippen LogP contribution in [0.1, 0.15) is 10.4 Å². The molecule has 6 heteroatoms. The van der Waals surface area contributed by atoms with Crippen molar-refractivity contribution in [3.63, 3.8) is 0 Å². The maximum Gasteiger partial charge on any atom is 0.222 e. The second-order valence-corrected chi connectivity index (χ2v) is 4.55. The van der Waals surface area contributed by atoms with Crippen molar-refractivity contribution in [1.82, 2.24) is 9.97 Å². The number of rotatable bonds is 3. The summed E-state index contributed by atoms with van der Waals surface area (Å²) in [7, 11) is 0. The van der Waals surface area contributed by atoms with Crippen LogP contribution in [0.2, 0.25) is 0 Å². The van der Waals surface area contributed by atoms with Gasteiger partial charge in [0, 0.05) is 10.9 Å². The number of aldehydes is 1. The normalized spacial score (nSPS) is 10.5. The highest BCUT2D eigenvalue weighted by molar-refractivity contribution is 5.93. The zero-order valence-corrected chi connectivity index (χ0v) is 11.1. The number of nitrogens with two attached hydrogens (primary N) is 2. The van der Waals surface area contributed by atoms with Crippen LogP contribution in [0.5, 0.6) is 0 Å². The number of hydrogen-bond donors (Lipinski definition) is 3. The van der Waals surface area contributed by atoms with Crippen molar-refractivity contribution in [2.75, 3.05) is 11.2 Å². The lowest BCUT2D eigenvalue weighted by atomic mass is 10.0. The molecule has 0 saturated carbocycles. The molecule has 0 fully saturated rings. The number of anilines is 2. The van der Waals surface area contributed by atoms with Crippen LogP contribution in [0.25, 0.3) is 22.0 Å². The molecule has 0 spiro atoms. The molecule has 0 bridgehead atoms. The quantitative estimate of drug-likeness (QED) is 0.384. The van der Waals surface area contributed by atoms with Gasteiger partial charge in [0.2, 0.25) is 5.95 Å². The van der Waals surface area contributed by atoms with Crippen LogP contribution in [0.3, 0.4) is 0 Å². The van der Waals surface area contributed by atoms with Gasteiger partial charge in [-0.15, -0.1) is 0 Å². The van der Waals surface area contributed by atoms with Crippen molar-refractivity contribution in [2.24, 2.45) is 5.84 Å². The largest absolute Gasteiger partial charge is 0.368 e. The summed E-state index contributed by atoms with van der Waals surface area (Å²) in [6.45, 7) is 0. The molecule has 0 radical (unpaired) electrons. The zero-order chi connectivity index (χ0) is 14.8. The molecule has 1 heterocycles. The van der Waals surface area contributed by atoms with Crippen molar-refractivity contribution in [2.45, 2.75) is 0 Å². The predicted molar refractivity (Wildman–Crippen MR) is 82.6 cm³/mol. The van der Waals surface area contributed by atoms with Crippen molar-refractivity contribution in [3.8, 4) is 11.1 Å². The molecule has 104 valence electrons. The predicted octanol–water partition coefficient (Wildman–Crippen LogP) is 1.98. The molecule has 3 rings (SSSR count). The monoisotopic (exact) mass is 279 g/mol. The highest BCUT2D eigenvalue weighted by Crippen LogP contribution is 2.27. The zero-order valence-electron chi connectivity index (χ0n) is 11.1. The first-order valence-electron chi connectivity index (χ1n) is 6.31. The van der Waals surface area contributed by atoms with Gasteiger partial charge in [-0.3, -0.25) is 4.79 Å². The minimum atomic E-state index is 0.158. The molecular formula is C15H13N5O. The highest BCUT2D eigenvalue weighted by atomic mass is 16.1. The van der Waals surface area contributed by atoms with Gasteiger partial charge in [-0.05, 0) is 29.3 Å². The second-order valence-electron chi connectivity index (χ2n) is 4.55. The summed E-state index contributed by atoms with van der Waals surface area (Å²) >= 11 is 0. The number of hydrazine groups is 1. The van der Waals surface area contributed by atoms with Crippen LogP contribution in [-0.2, 0) is 0 Å². The molecule has 21 heavy (non-hydrogen) atoms. The van der Waals surface area contributed by atoms with Crippen molar-refractivity contribution >= 4 is 29.0 Å². The van der Waals surface area contributed by atoms with E-state index in [9.17, 15) is 4.79 Å². The number of nitrogens with zero attached hydrogens (tertiary/aromatic N) is 2. The first kappa shape index (κ1) is 13.0. The number of nitrogen functional groups attached to an aromatic ring is 2. The molecule has 0 aliphatic heterocycles. The Morgan fingerprint density at radius 2 is 1.86 bits per heavy atom. The van der Waals surface area contributed by atoms with Gasteiger partial charge in [-0.1, -0.05) is 24.3 Å². The van der Waals surface area contributed by atoms with Crippen molar-refractivity contribution < 1.29 is 4.79 Å². The number of aromatic nitrogens is 2. The topological polar surface area (TPSA) is 107 Å². The Bertz CT molecular complexity index is 831. The van der Waals surface area contributed by atoms with Gasteiger partial charge < -0.3 is 11.2 Å². The van der Waals surface area contributed by atoms with Crippen LogP contribution in [0.15, 0.2) is 42.5 Å². The average molecular weight is 279 g/mol. The van der Waals surface area contributed by atoms with Gasteiger partial charge in [0.25, 0.3) is 0 Å². The fraction of sp³-hybridized carbons (Fsp3) is 0. The molecule has 0 atom stereocenters. The van der Waals surface area contributed by atoms with E-state index in [0.717, 1.165) is 22.8 Å². The Morgan fingerprint density at radius 3 is 2.62 bits per heavy atom. The fourth-order valence-electron chi connectivity index (χ4n) is 2.23. The van der Waals surface area contributed by atoms with Crippen molar-refractivity contribution in [3.05, 3.63) is 48.0 Å². The molecule has 0 unspecified atom stereocenters. The van der Waals surface area contributed by atoms with E-state index in [2.05, 4.69) is 15.4 Å². The van der Waals surface area contributed by atoms with Crippen LogP contribution >= 0.6 is 0 Å². The Labute approximate surface area is 120 Å². The van der Waals surface area contributed by atoms with Gasteiger partial charge in [0.1, 0.15) is 6.29 Å². The summed E-state index contributed by atoms with van der Waals surface area (Å²) in [5.41, 5.74) is 11.4. The summed E-state index contributed by atoms with van der Waals surface area (Å²) < 4.78 is 0. The van der Waals surface area contributed by atoms with E-state index >= 15 is 0 Å². The minimum absolute atomic E-state index is 0.158. The molecule has 0 amide bonds. The Hall–Kier alpha value is -2.99. The molecule has 0 aliphatic rings. The van der Waals surface area contributed by atoms with Crippen molar-refractivity contribution in [1.29, 1.82) is 0 Å². The standard InChI is InChI=1S/C15H13N5O/c16-15-18-13-5-4-11(7-12(13)14(19-15)20-17)10-3-1-2-9(6-10)8-21/h1-8H,17H2,(H3,16,18,19,20). The lowest BCUT2D eigenvalue weighted by Crippen LogP contribution is -2.11. The van der Waals surface area contributed by atoms with Gasteiger partial charge in [0.15, 0.2) is 5.82 Å². The average Bonchev–Trinajstić information content (AvgIpc) is 2.53. The number of hydrogen-bond acceptors (Lipinski definition) is 6. The molecule has 5 N–H and O–H groups in total. The van der Waals surface area contributed by atoms with E-state index in [4.69, 9.17) is 11.6 Å². The van der Waals surface area contributed by atoms with Crippen LogP contribution in [0.4, 0.5) is 11.8 Å². The highest BCUT2D eigenvalue weighted by Gasteiger charge is 2.07. The number of carbonyl (C=O) groups excluding carboxylic acids is 1. The Balaban J connectivity index is 2.20. The third-order valence-corrected chi connectivity index (χ3v) is 3.21. The molecule has 3 aromatic rings. The van der Waals surface area contributed by atoms with Gasteiger partial charge >= 0.3 is 0 Å². The number of fused-ring (bicyclic) bond motifs is 1. The summed E-state index contributed by atoms with van der Waals surface area (Å²) in [5.74, 6) is 6.10. The van der Waals surface area contributed by atoms with E-state index in [1.54, 1.807) is 6.07 Å². The molecular weight excluding hydrogens is 266 g/mol. The summed E-state index contributed by atoms with van der Waals surface area (Å²) in [6, 6.07) is 13.0. The SMILES string of the molecule is NNc1nc(N)nc2ccc(-c3cccc(C=O)c3)cc12. The number of carbonyl (C=O) groups is 1. The summed E-state index contributed by atoms with van der Waals surface area (Å²) in [6.07, 6.45) is 0.821. The second kappa shape index (κ2) is 5.18. The Kier molecular flexibility index (Phi) is 3.21. The smallest absolute Gasteiger partial charge is 0.222 e. The third kappa shape index (κ3) is 2.39. The number of nitrogens with one attached hydrogen (secondary N) is 1. The maximum absolute atomic E-state index is 10.9. The molecule has 0 saturated heterocycles. The molecule has 2 aromatic carbocycles. The van der Waals surface area contributed by atoms with E-state index in [-0.39, 0.29) is 5.95 Å². The minimum Gasteiger partial charge on any atom is -0.368 e. The summed E-state index contributed by atoms with van der Waals surface area (Å²) in [4.78, 5) is 19.1. The molecule has 1 aromatic heterocycles.